The summed E-state index contributed by atoms with van der Waals surface area (Å²) in [5.74, 6) is 0.224. The molecule has 0 unspecified atom stereocenters. The Morgan fingerprint density at radius 3 is 2.82 bits per heavy atom. The van der Waals surface area contributed by atoms with Crippen LogP contribution in [0.2, 0.25) is 0 Å². The van der Waals surface area contributed by atoms with Gasteiger partial charge in [0.25, 0.3) is 0 Å². The third-order valence-electron chi connectivity index (χ3n) is 1.34. The molecule has 0 saturated carbocycles. The molecule has 0 heterocycles. The van der Waals surface area contributed by atoms with E-state index < -0.39 is 0 Å². The topological polar surface area (TPSA) is 53.2 Å². The van der Waals surface area contributed by atoms with Gasteiger partial charge in [0, 0.05) is 0 Å². The minimum atomic E-state index is -0.0995. The molecule has 0 radical (unpaired) electrons. The van der Waals surface area contributed by atoms with E-state index in [2.05, 4.69) is 0 Å². The first kappa shape index (κ1) is 7.42. The SMILES string of the molecule is COc1cccc(C#N)c1O. The highest BCUT2D eigenvalue weighted by Crippen LogP contribution is 2.28. The number of rotatable bonds is 1. The normalized spacial score (nSPS) is 8.73. The zero-order chi connectivity index (χ0) is 8.27. The summed E-state index contributed by atoms with van der Waals surface area (Å²) in [6.07, 6.45) is 0. The Bertz CT molecular complexity index is 301. The zero-order valence-electron chi connectivity index (χ0n) is 6.03. The van der Waals surface area contributed by atoms with E-state index in [9.17, 15) is 5.11 Å². The second-order valence-electron chi connectivity index (χ2n) is 1.97. The van der Waals surface area contributed by atoms with Gasteiger partial charge in [-0.05, 0) is 12.1 Å². The molecule has 11 heavy (non-hydrogen) atoms. The first-order valence-corrected chi connectivity index (χ1v) is 3.05. The zero-order valence-corrected chi connectivity index (χ0v) is 6.03. The number of nitriles is 1. The number of hydrogen-bond acceptors (Lipinski definition) is 3. The van der Waals surface area contributed by atoms with Crippen molar-refractivity contribution in [3.8, 4) is 17.6 Å². The molecule has 3 heteroatoms. The lowest BCUT2D eigenvalue weighted by Crippen LogP contribution is -1.84. The second kappa shape index (κ2) is 2.93. The fraction of sp³-hybridized carbons (Fsp3) is 0.125. The number of ether oxygens (including phenoxy) is 1. The van der Waals surface area contributed by atoms with Crippen molar-refractivity contribution in [3.05, 3.63) is 23.8 Å². The van der Waals surface area contributed by atoms with Gasteiger partial charge in [0.1, 0.15) is 6.07 Å². The molecule has 0 atom stereocenters. The molecule has 0 aromatic heterocycles. The van der Waals surface area contributed by atoms with Gasteiger partial charge in [-0.25, -0.2) is 0 Å². The molecule has 0 aliphatic heterocycles. The Morgan fingerprint density at radius 1 is 1.55 bits per heavy atom. The molecule has 0 aliphatic carbocycles. The number of para-hydroxylation sites is 1. The number of phenolic OH excluding ortho intramolecular Hbond substituents is 1. The van der Waals surface area contributed by atoms with E-state index in [1.807, 2.05) is 6.07 Å². The van der Waals surface area contributed by atoms with Gasteiger partial charge < -0.3 is 9.84 Å². The number of benzene rings is 1. The molecule has 0 fully saturated rings. The van der Waals surface area contributed by atoms with Crippen LogP contribution in [0.25, 0.3) is 0 Å². The monoisotopic (exact) mass is 149 g/mol. The van der Waals surface area contributed by atoms with Crippen molar-refractivity contribution >= 4 is 0 Å². The van der Waals surface area contributed by atoms with E-state index in [1.54, 1.807) is 12.1 Å². The summed E-state index contributed by atoms with van der Waals surface area (Å²) in [7, 11) is 1.44. The number of methoxy groups -OCH3 is 1. The van der Waals surface area contributed by atoms with E-state index in [4.69, 9.17) is 10.00 Å². The first-order valence-electron chi connectivity index (χ1n) is 3.05. The highest BCUT2D eigenvalue weighted by Gasteiger charge is 2.04. The van der Waals surface area contributed by atoms with Crippen molar-refractivity contribution in [1.29, 1.82) is 5.26 Å². The van der Waals surface area contributed by atoms with Crippen LogP contribution >= 0.6 is 0 Å². The number of phenols is 1. The Balaban J connectivity index is 3.23. The third kappa shape index (κ3) is 1.24. The number of nitrogens with zero attached hydrogens (tertiary/aromatic N) is 1. The molecule has 1 N–H and O–H groups in total. The van der Waals surface area contributed by atoms with E-state index in [0.717, 1.165) is 0 Å². The molecular weight excluding hydrogens is 142 g/mol. The molecular formula is C8H7NO2. The molecule has 0 saturated heterocycles. The van der Waals surface area contributed by atoms with Crippen LogP contribution in [0.1, 0.15) is 5.56 Å². The van der Waals surface area contributed by atoms with Crippen molar-refractivity contribution in [1.82, 2.24) is 0 Å². The van der Waals surface area contributed by atoms with E-state index >= 15 is 0 Å². The molecule has 0 aliphatic rings. The predicted octanol–water partition coefficient (Wildman–Crippen LogP) is 1.27. The summed E-state index contributed by atoms with van der Waals surface area (Å²) in [5.41, 5.74) is 0.226. The van der Waals surface area contributed by atoms with Gasteiger partial charge in [-0.3, -0.25) is 0 Å². The Labute approximate surface area is 64.5 Å². The second-order valence-corrected chi connectivity index (χ2v) is 1.97. The molecule has 0 amide bonds. The Morgan fingerprint density at radius 2 is 2.27 bits per heavy atom. The van der Waals surface area contributed by atoms with Crippen LogP contribution in [0.4, 0.5) is 0 Å². The van der Waals surface area contributed by atoms with Gasteiger partial charge in [-0.15, -0.1) is 0 Å². The fourth-order valence-electron chi connectivity index (χ4n) is 0.777. The minimum Gasteiger partial charge on any atom is -0.503 e. The van der Waals surface area contributed by atoms with Gasteiger partial charge in [0.05, 0.1) is 12.7 Å². The van der Waals surface area contributed by atoms with E-state index in [0.29, 0.717) is 5.75 Å². The van der Waals surface area contributed by atoms with Gasteiger partial charge >= 0.3 is 0 Å². The van der Waals surface area contributed by atoms with Crippen LogP contribution in [-0.4, -0.2) is 12.2 Å². The molecule has 56 valence electrons. The summed E-state index contributed by atoms with van der Waals surface area (Å²) in [6, 6.07) is 6.61. The maximum atomic E-state index is 9.24. The molecule has 3 nitrogen and oxygen atoms in total. The molecule has 1 aromatic carbocycles. The average Bonchev–Trinajstić information content (AvgIpc) is 2.05. The van der Waals surface area contributed by atoms with Crippen molar-refractivity contribution in [2.45, 2.75) is 0 Å². The lowest BCUT2D eigenvalue weighted by molar-refractivity contribution is 0.373. The van der Waals surface area contributed by atoms with Crippen molar-refractivity contribution in [2.24, 2.45) is 0 Å². The quantitative estimate of drug-likeness (QED) is 0.654. The van der Waals surface area contributed by atoms with E-state index in [-0.39, 0.29) is 11.3 Å². The lowest BCUT2D eigenvalue weighted by Gasteiger charge is -2.02. The molecule has 1 aromatic rings. The largest absolute Gasteiger partial charge is 0.503 e. The third-order valence-corrected chi connectivity index (χ3v) is 1.34. The van der Waals surface area contributed by atoms with Gasteiger partial charge in [-0.2, -0.15) is 5.26 Å². The van der Waals surface area contributed by atoms with Gasteiger partial charge in [0.15, 0.2) is 11.5 Å². The van der Waals surface area contributed by atoms with Crippen LogP contribution in [0.15, 0.2) is 18.2 Å². The number of hydrogen-bond donors (Lipinski definition) is 1. The highest BCUT2D eigenvalue weighted by molar-refractivity contribution is 5.51. The standard InChI is InChI=1S/C8H7NO2/c1-11-7-4-2-3-6(5-9)8(7)10/h2-4,10H,1H3. The summed E-state index contributed by atoms with van der Waals surface area (Å²) in [5, 5.41) is 17.7. The van der Waals surface area contributed by atoms with Crippen LogP contribution in [-0.2, 0) is 0 Å². The molecule has 1 rings (SSSR count). The van der Waals surface area contributed by atoms with Crippen molar-refractivity contribution in [2.75, 3.05) is 7.11 Å². The fourth-order valence-corrected chi connectivity index (χ4v) is 0.777. The maximum absolute atomic E-state index is 9.24. The van der Waals surface area contributed by atoms with Crippen LogP contribution in [0.3, 0.4) is 0 Å². The first-order chi connectivity index (χ1) is 5.29. The van der Waals surface area contributed by atoms with Crippen LogP contribution < -0.4 is 4.74 Å². The summed E-state index contributed by atoms with van der Waals surface area (Å²) in [6.45, 7) is 0. The highest BCUT2D eigenvalue weighted by atomic mass is 16.5. The smallest absolute Gasteiger partial charge is 0.175 e. The summed E-state index contributed by atoms with van der Waals surface area (Å²) >= 11 is 0. The Kier molecular flexibility index (Phi) is 1.98. The minimum absolute atomic E-state index is 0.0995. The maximum Gasteiger partial charge on any atom is 0.175 e. The molecule has 0 spiro atoms. The van der Waals surface area contributed by atoms with E-state index in [1.165, 1.54) is 13.2 Å². The summed E-state index contributed by atoms with van der Waals surface area (Å²) in [4.78, 5) is 0. The predicted molar refractivity (Wildman–Crippen MR) is 39.4 cm³/mol. The van der Waals surface area contributed by atoms with Gasteiger partial charge in [-0.1, -0.05) is 6.07 Å². The van der Waals surface area contributed by atoms with Crippen LogP contribution in [0.5, 0.6) is 11.5 Å². The Hall–Kier alpha value is -1.69. The summed E-state index contributed by atoms with van der Waals surface area (Å²) < 4.78 is 4.79. The van der Waals surface area contributed by atoms with Crippen molar-refractivity contribution < 1.29 is 9.84 Å². The van der Waals surface area contributed by atoms with Crippen LogP contribution in [0, 0.1) is 11.3 Å². The van der Waals surface area contributed by atoms with Crippen molar-refractivity contribution in [3.63, 3.8) is 0 Å². The number of aromatic hydroxyl groups is 1. The van der Waals surface area contributed by atoms with Gasteiger partial charge in [0.2, 0.25) is 0 Å². The molecule has 0 bridgehead atoms. The average molecular weight is 149 g/mol. The lowest BCUT2D eigenvalue weighted by atomic mass is 10.2.